The molecule has 2 aromatic rings. The second-order valence-corrected chi connectivity index (χ2v) is 7.86. The number of unbranched alkanes of at least 4 members (excludes halogenated alkanes) is 1. The molecule has 1 aliphatic rings. The second-order valence-electron chi connectivity index (χ2n) is 7.45. The molecule has 0 unspecified atom stereocenters. The molecular formula is C23H25ClN2O3. The van der Waals surface area contributed by atoms with E-state index in [1.807, 2.05) is 24.3 Å². The largest absolute Gasteiger partial charge is 0.306 e. The minimum atomic E-state index is -0.347. The monoisotopic (exact) mass is 412 g/mol. The number of halogens is 1. The summed E-state index contributed by atoms with van der Waals surface area (Å²) in [5, 5.41) is 0.798. The molecule has 0 saturated heterocycles. The molecule has 3 rings (SSSR count). The highest BCUT2D eigenvalue weighted by molar-refractivity contribution is 6.31. The molecule has 29 heavy (non-hydrogen) atoms. The maximum atomic E-state index is 12.5. The van der Waals surface area contributed by atoms with Crippen molar-refractivity contribution in [2.75, 3.05) is 27.2 Å². The standard InChI is InChI=1S/C23H25ClN2O3/c1-25(14-12-16-7-3-4-8-20(16)24)13-6-5-9-21(27)17-10-11-18-19(15-17)23(29)26(2)22(18)28/h3-4,7-8,10-11,15H,5-6,9,12-14H2,1-2H3. The number of fused-ring (bicyclic) bond motifs is 1. The summed E-state index contributed by atoms with van der Waals surface area (Å²) in [6.45, 7) is 1.81. The van der Waals surface area contributed by atoms with Crippen LogP contribution in [0.5, 0.6) is 0 Å². The Hall–Kier alpha value is -2.50. The second kappa shape index (κ2) is 9.33. The van der Waals surface area contributed by atoms with Crippen LogP contribution >= 0.6 is 11.6 Å². The van der Waals surface area contributed by atoms with Gasteiger partial charge in [0.25, 0.3) is 11.8 Å². The fourth-order valence-electron chi connectivity index (χ4n) is 3.47. The number of carbonyl (C=O) groups is 3. The van der Waals surface area contributed by atoms with Gasteiger partial charge >= 0.3 is 0 Å². The van der Waals surface area contributed by atoms with Crippen LogP contribution in [0.2, 0.25) is 5.02 Å². The van der Waals surface area contributed by atoms with Crippen molar-refractivity contribution < 1.29 is 14.4 Å². The van der Waals surface area contributed by atoms with Crippen molar-refractivity contribution in [2.24, 2.45) is 0 Å². The van der Waals surface area contributed by atoms with E-state index in [2.05, 4.69) is 11.9 Å². The number of benzene rings is 2. The third-order valence-electron chi connectivity index (χ3n) is 5.33. The Kier molecular flexibility index (Phi) is 6.83. The quantitative estimate of drug-likeness (QED) is 0.353. The summed E-state index contributed by atoms with van der Waals surface area (Å²) in [4.78, 5) is 39.8. The van der Waals surface area contributed by atoms with Gasteiger partial charge < -0.3 is 4.90 Å². The van der Waals surface area contributed by atoms with E-state index in [1.165, 1.54) is 7.05 Å². The third-order valence-corrected chi connectivity index (χ3v) is 5.69. The minimum absolute atomic E-state index is 0.00122. The molecule has 0 aliphatic carbocycles. The average Bonchev–Trinajstić information content (AvgIpc) is 2.94. The van der Waals surface area contributed by atoms with Gasteiger partial charge in [0.05, 0.1) is 11.1 Å². The van der Waals surface area contributed by atoms with Gasteiger partial charge in [-0.3, -0.25) is 19.3 Å². The van der Waals surface area contributed by atoms with Crippen LogP contribution < -0.4 is 0 Å². The topological polar surface area (TPSA) is 57.7 Å². The molecule has 1 heterocycles. The molecule has 2 aromatic carbocycles. The first-order chi connectivity index (χ1) is 13.9. The highest BCUT2D eigenvalue weighted by Gasteiger charge is 2.33. The van der Waals surface area contributed by atoms with Crippen molar-refractivity contribution in [3.63, 3.8) is 0 Å². The van der Waals surface area contributed by atoms with Crippen molar-refractivity contribution in [1.29, 1.82) is 0 Å². The minimum Gasteiger partial charge on any atom is -0.306 e. The van der Waals surface area contributed by atoms with Gasteiger partial charge in [-0.25, -0.2) is 0 Å². The lowest BCUT2D eigenvalue weighted by atomic mass is 10.0. The number of hydrogen-bond acceptors (Lipinski definition) is 4. The van der Waals surface area contributed by atoms with Crippen molar-refractivity contribution in [1.82, 2.24) is 9.80 Å². The maximum absolute atomic E-state index is 12.5. The smallest absolute Gasteiger partial charge is 0.261 e. The molecule has 2 amide bonds. The zero-order valence-electron chi connectivity index (χ0n) is 16.8. The Bertz CT molecular complexity index is 941. The lowest BCUT2D eigenvalue weighted by molar-refractivity contribution is 0.0693. The van der Waals surface area contributed by atoms with Gasteiger partial charge in [0.15, 0.2) is 5.78 Å². The molecule has 5 nitrogen and oxygen atoms in total. The van der Waals surface area contributed by atoms with Gasteiger partial charge in [0, 0.05) is 30.6 Å². The number of Topliss-reactive ketones (excluding diaryl/α,β-unsaturated/α-hetero) is 1. The number of imide groups is 1. The normalized spacial score (nSPS) is 13.3. The van der Waals surface area contributed by atoms with E-state index < -0.39 is 0 Å². The molecule has 0 spiro atoms. The average molecular weight is 413 g/mol. The predicted octanol–water partition coefficient (Wildman–Crippen LogP) is 4.09. The fraction of sp³-hybridized carbons (Fsp3) is 0.348. The maximum Gasteiger partial charge on any atom is 0.261 e. The Morgan fingerprint density at radius 2 is 1.72 bits per heavy atom. The molecule has 0 saturated carbocycles. The Labute approximate surface area is 176 Å². The zero-order chi connectivity index (χ0) is 21.0. The molecule has 0 radical (unpaired) electrons. The Morgan fingerprint density at radius 1 is 1.00 bits per heavy atom. The van der Waals surface area contributed by atoms with Crippen LogP contribution in [0.4, 0.5) is 0 Å². The van der Waals surface area contributed by atoms with Crippen LogP contribution in [-0.2, 0) is 6.42 Å². The van der Waals surface area contributed by atoms with E-state index >= 15 is 0 Å². The molecule has 0 N–H and O–H groups in total. The van der Waals surface area contributed by atoms with Crippen LogP contribution in [0.3, 0.4) is 0 Å². The van der Waals surface area contributed by atoms with E-state index in [9.17, 15) is 14.4 Å². The fourth-order valence-corrected chi connectivity index (χ4v) is 3.70. The molecular weight excluding hydrogens is 388 g/mol. The summed E-state index contributed by atoms with van der Waals surface area (Å²) in [6, 6.07) is 12.6. The highest BCUT2D eigenvalue weighted by atomic mass is 35.5. The van der Waals surface area contributed by atoms with Crippen LogP contribution in [-0.4, -0.2) is 54.6 Å². The first-order valence-electron chi connectivity index (χ1n) is 9.80. The van der Waals surface area contributed by atoms with Gasteiger partial charge in [0.1, 0.15) is 0 Å². The van der Waals surface area contributed by atoms with Gasteiger partial charge in [-0.05, 0) is 56.6 Å². The molecule has 152 valence electrons. The van der Waals surface area contributed by atoms with Crippen LogP contribution in [0.1, 0.15) is 55.9 Å². The molecule has 0 fully saturated rings. The van der Waals surface area contributed by atoms with Crippen LogP contribution in [0.25, 0.3) is 0 Å². The molecule has 0 aromatic heterocycles. The SMILES string of the molecule is CN(CCCCC(=O)c1ccc2c(c1)C(=O)N(C)C2=O)CCc1ccccc1Cl. The van der Waals surface area contributed by atoms with Gasteiger partial charge in [-0.1, -0.05) is 35.9 Å². The van der Waals surface area contributed by atoms with E-state index in [-0.39, 0.29) is 17.6 Å². The number of ketones is 1. The lowest BCUT2D eigenvalue weighted by Crippen LogP contribution is -2.24. The number of rotatable bonds is 9. The summed E-state index contributed by atoms with van der Waals surface area (Å²) in [6.07, 6.45) is 3.01. The van der Waals surface area contributed by atoms with Gasteiger partial charge in [0.2, 0.25) is 0 Å². The van der Waals surface area contributed by atoms with E-state index in [0.29, 0.717) is 23.1 Å². The predicted molar refractivity (Wildman–Crippen MR) is 114 cm³/mol. The molecule has 6 heteroatoms. The number of likely N-dealkylation sites (N-methyl/N-ethyl adjacent to an activating group) is 1. The first-order valence-corrected chi connectivity index (χ1v) is 10.2. The Morgan fingerprint density at radius 3 is 2.48 bits per heavy atom. The zero-order valence-corrected chi connectivity index (χ0v) is 17.5. The number of nitrogens with zero attached hydrogens (tertiary/aromatic N) is 2. The number of amides is 2. The highest BCUT2D eigenvalue weighted by Crippen LogP contribution is 2.23. The first kappa shape index (κ1) is 21.2. The van der Waals surface area contributed by atoms with Gasteiger partial charge in [-0.15, -0.1) is 0 Å². The van der Waals surface area contributed by atoms with Crippen molar-refractivity contribution >= 4 is 29.2 Å². The summed E-state index contributed by atoms with van der Waals surface area (Å²) >= 11 is 6.19. The lowest BCUT2D eigenvalue weighted by Gasteiger charge is -2.16. The summed E-state index contributed by atoms with van der Waals surface area (Å²) in [5.74, 6) is -0.662. The van der Waals surface area contributed by atoms with Crippen LogP contribution in [0.15, 0.2) is 42.5 Å². The Balaban J connectivity index is 1.43. The van der Waals surface area contributed by atoms with E-state index in [4.69, 9.17) is 11.6 Å². The number of hydrogen-bond donors (Lipinski definition) is 0. The summed E-state index contributed by atoms with van der Waals surface area (Å²) < 4.78 is 0. The van der Waals surface area contributed by atoms with Crippen molar-refractivity contribution in [2.45, 2.75) is 25.7 Å². The van der Waals surface area contributed by atoms with Crippen molar-refractivity contribution in [3.8, 4) is 0 Å². The third kappa shape index (κ3) is 4.92. The summed E-state index contributed by atoms with van der Waals surface area (Å²) in [7, 11) is 3.52. The summed E-state index contributed by atoms with van der Waals surface area (Å²) in [5.41, 5.74) is 2.33. The van der Waals surface area contributed by atoms with Crippen molar-refractivity contribution in [3.05, 3.63) is 69.7 Å². The number of carbonyl (C=O) groups excluding carboxylic acids is 3. The van der Waals surface area contributed by atoms with E-state index in [1.54, 1.807) is 18.2 Å². The molecule has 0 atom stereocenters. The molecule has 1 aliphatic heterocycles. The van der Waals surface area contributed by atoms with Crippen LogP contribution in [0, 0.1) is 0 Å². The van der Waals surface area contributed by atoms with Gasteiger partial charge in [-0.2, -0.15) is 0 Å². The molecule has 0 bridgehead atoms. The van der Waals surface area contributed by atoms with E-state index in [0.717, 1.165) is 47.8 Å².